The molecule has 0 aromatic carbocycles. The average Bonchev–Trinajstić information content (AvgIpc) is 3.73. The summed E-state index contributed by atoms with van der Waals surface area (Å²) in [6, 6.07) is -2.11. The normalized spacial score (nSPS) is 34.3. The lowest BCUT2D eigenvalue weighted by Gasteiger charge is -2.30. The number of alkyl carbamates (subject to hydrolysis) is 1. The van der Waals surface area contributed by atoms with Gasteiger partial charge in [0, 0.05) is 12.3 Å². The van der Waals surface area contributed by atoms with Crippen LogP contribution in [0, 0.1) is 5.92 Å². The van der Waals surface area contributed by atoms with Gasteiger partial charge in [-0.2, -0.15) is 0 Å². The Kier molecular flexibility index (Phi) is 8.82. The molecular weight excluding hydrogens is 655 g/mol. The molecule has 5 atom stereocenters. The van der Waals surface area contributed by atoms with Crippen molar-refractivity contribution in [3.8, 4) is 0 Å². The molecule has 0 radical (unpaired) electrons. The molecule has 3 fully saturated rings. The predicted molar refractivity (Wildman–Crippen MR) is 154 cm³/mol. The van der Waals surface area contributed by atoms with E-state index in [0.29, 0.717) is 32.1 Å². The molecule has 4 amide bonds. The number of carbonyl (C=O) groups excluding carboxylic acids is 4. The molecule has 0 spiro atoms. The molecule has 2 aliphatic carbocycles. The van der Waals surface area contributed by atoms with Gasteiger partial charge >= 0.3 is 6.09 Å². The lowest BCUT2D eigenvalue weighted by Crippen LogP contribution is -2.58. The third-order valence-corrected chi connectivity index (χ3v) is 10.2. The summed E-state index contributed by atoms with van der Waals surface area (Å²) >= 11 is 1.78. The number of rotatable bonds is 4. The van der Waals surface area contributed by atoms with Crippen molar-refractivity contribution in [1.29, 1.82) is 0 Å². The topological polar surface area (TPSA) is 171 Å². The first-order valence-corrected chi connectivity index (χ1v) is 16.4. The van der Waals surface area contributed by atoms with Crippen LogP contribution < -0.4 is 15.4 Å². The molecule has 4 aliphatic rings. The van der Waals surface area contributed by atoms with E-state index in [2.05, 4.69) is 15.4 Å². The maximum Gasteiger partial charge on any atom is 0.408 e. The Balaban J connectivity index is 1.59. The third-order valence-electron chi connectivity index (χ3n) is 7.57. The molecule has 12 nitrogen and oxygen atoms in total. The first-order chi connectivity index (χ1) is 18.5. The van der Waals surface area contributed by atoms with Crippen molar-refractivity contribution >= 4 is 56.4 Å². The Hall–Kier alpha value is -1.94. The number of halogens is 1. The second kappa shape index (κ2) is 11.4. The van der Waals surface area contributed by atoms with Crippen LogP contribution in [0.4, 0.5) is 4.79 Å². The standard InChI is InChI=1S/C26H39IN4O8S/c1-24(2,3)39-23(35)28-18-10-8-6-4-5-7-9-16-13-26(16,22(34)30-40(37,38)17-11-12-17)29-20(32)19-14-25(27,36)15-31(19)21(18)33/h7,9,16-19,36H,4-6,8,10-15H2,1-3H3,(H,28,35)(H,29,32)(H,30,34)/b9-7-/t16?,18-,19-,25-,26+/m0/s1. The van der Waals surface area contributed by atoms with Gasteiger partial charge in [-0.25, -0.2) is 13.2 Å². The number of sulfonamides is 1. The minimum atomic E-state index is -3.84. The van der Waals surface area contributed by atoms with Crippen molar-refractivity contribution in [2.75, 3.05) is 6.54 Å². The van der Waals surface area contributed by atoms with E-state index in [1.807, 2.05) is 12.2 Å². The Morgan fingerprint density at radius 2 is 1.85 bits per heavy atom. The summed E-state index contributed by atoms with van der Waals surface area (Å²) in [5.41, 5.74) is -2.24. The lowest BCUT2D eigenvalue weighted by molar-refractivity contribution is -0.141. The van der Waals surface area contributed by atoms with E-state index in [0.717, 1.165) is 12.8 Å². The number of alkyl halides is 1. The van der Waals surface area contributed by atoms with Gasteiger partial charge in [0.25, 0.3) is 5.91 Å². The fourth-order valence-electron chi connectivity index (χ4n) is 5.23. The molecule has 224 valence electrons. The highest BCUT2D eigenvalue weighted by molar-refractivity contribution is 14.1. The minimum Gasteiger partial charge on any atom is -0.444 e. The van der Waals surface area contributed by atoms with E-state index in [1.165, 1.54) is 4.90 Å². The quantitative estimate of drug-likeness (QED) is 0.195. The summed E-state index contributed by atoms with van der Waals surface area (Å²) < 4.78 is 31.1. The maximum atomic E-state index is 13.8. The van der Waals surface area contributed by atoms with Gasteiger partial charge in [0.15, 0.2) is 0 Å². The summed E-state index contributed by atoms with van der Waals surface area (Å²) in [6.07, 6.45) is 7.33. The SMILES string of the molecule is CC(C)(C)OC(=O)N[C@H]1CCCCC/C=C\C2C[C@@]2(C(=O)NS(=O)(=O)C2CC2)NC(=O)[C@@H]2C[C@@](O)(I)CN2C1=O. The van der Waals surface area contributed by atoms with Gasteiger partial charge in [0.1, 0.15) is 26.8 Å². The summed E-state index contributed by atoms with van der Waals surface area (Å²) in [5, 5.41) is 15.6. The Bertz CT molecular complexity index is 1180. The van der Waals surface area contributed by atoms with Gasteiger partial charge in [-0.3, -0.25) is 19.1 Å². The minimum absolute atomic E-state index is 0.0944. The number of allylic oxidation sites excluding steroid dienone is 1. The zero-order valence-corrected chi connectivity index (χ0v) is 26.0. The van der Waals surface area contributed by atoms with Crippen LogP contribution in [0.1, 0.15) is 78.6 Å². The van der Waals surface area contributed by atoms with Crippen molar-refractivity contribution in [2.24, 2.45) is 5.92 Å². The number of amides is 4. The van der Waals surface area contributed by atoms with Gasteiger partial charge in [0.2, 0.25) is 21.8 Å². The van der Waals surface area contributed by atoms with Crippen molar-refractivity contribution < 1.29 is 37.4 Å². The van der Waals surface area contributed by atoms with Crippen LogP contribution in [0.25, 0.3) is 0 Å². The number of nitrogens with zero attached hydrogens (tertiary/aromatic N) is 1. The van der Waals surface area contributed by atoms with Gasteiger partial charge in [-0.05, 0) is 81.9 Å². The number of aliphatic hydroxyl groups is 1. The molecule has 2 saturated carbocycles. The zero-order valence-electron chi connectivity index (χ0n) is 23.1. The number of ether oxygens (including phenoxy) is 1. The molecule has 14 heteroatoms. The summed E-state index contributed by atoms with van der Waals surface area (Å²) in [7, 11) is -3.84. The highest BCUT2D eigenvalue weighted by Gasteiger charge is 2.62. The number of nitrogens with one attached hydrogen (secondary N) is 3. The molecule has 4 N–H and O–H groups in total. The van der Waals surface area contributed by atoms with E-state index in [-0.39, 0.29) is 19.4 Å². The molecule has 0 bridgehead atoms. The second-order valence-corrected chi connectivity index (χ2v) is 16.3. The summed E-state index contributed by atoms with van der Waals surface area (Å²) in [6.45, 7) is 4.98. The van der Waals surface area contributed by atoms with Crippen LogP contribution in [0.5, 0.6) is 0 Å². The number of carbonyl (C=O) groups is 4. The molecule has 4 rings (SSSR count). The van der Waals surface area contributed by atoms with Gasteiger partial charge in [0.05, 0.1) is 11.8 Å². The Labute approximate surface area is 248 Å². The van der Waals surface area contributed by atoms with Crippen molar-refractivity contribution in [3.05, 3.63) is 12.2 Å². The molecule has 0 aromatic rings. The molecule has 1 saturated heterocycles. The van der Waals surface area contributed by atoms with E-state index >= 15 is 0 Å². The molecular formula is C26H39IN4O8S. The number of hydrogen-bond donors (Lipinski definition) is 4. The van der Waals surface area contributed by atoms with Gasteiger partial charge in [-0.1, -0.05) is 25.0 Å². The largest absolute Gasteiger partial charge is 0.444 e. The van der Waals surface area contributed by atoms with Crippen LogP contribution in [-0.2, 0) is 29.1 Å². The van der Waals surface area contributed by atoms with Crippen LogP contribution in [0.2, 0.25) is 0 Å². The van der Waals surface area contributed by atoms with E-state index in [1.54, 1.807) is 43.4 Å². The molecule has 2 heterocycles. The zero-order chi connectivity index (χ0) is 29.5. The van der Waals surface area contributed by atoms with Gasteiger partial charge in [-0.15, -0.1) is 0 Å². The fraction of sp³-hybridized carbons (Fsp3) is 0.769. The van der Waals surface area contributed by atoms with E-state index < -0.39 is 71.8 Å². The highest BCUT2D eigenvalue weighted by atomic mass is 127. The smallest absolute Gasteiger partial charge is 0.408 e. The molecule has 1 unspecified atom stereocenters. The van der Waals surface area contributed by atoms with Gasteiger partial charge < -0.3 is 25.4 Å². The van der Waals surface area contributed by atoms with Crippen LogP contribution in [-0.4, -0.2) is 80.9 Å². The van der Waals surface area contributed by atoms with Crippen LogP contribution in [0.3, 0.4) is 0 Å². The van der Waals surface area contributed by atoms with E-state index in [9.17, 15) is 32.7 Å². The van der Waals surface area contributed by atoms with Crippen LogP contribution in [0.15, 0.2) is 12.2 Å². The second-order valence-electron chi connectivity index (χ2n) is 12.3. The molecule has 40 heavy (non-hydrogen) atoms. The molecule has 2 aliphatic heterocycles. The van der Waals surface area contributed by atoms with Crippen molar-refractivity contribution in [1.82, 2.24) is 20.3 Å². The highest BCUT2D eigenvalue weighted by Crippen LogP contribution is 2.46. The maximum absolute atomic E-state index is 13.8. The molecule has 0 aromatic heterocycles. The van der Waals surface area contributed by atoms with Crippen LogP contribution >= 0.6 is 22.6 Å². The summed E-state index contributed by atoms with van der Waals surface area (Å²) in [4.78, 5) is 54.5. The number of hydrogen-bond acceptors (Lipinski definition) is 8. The van der Waals surface area contributed by atoms with Crippen molar-refractivity contribution in [3.63, 3.8) is 0 Å². The Morgan fingerprint density at radius 3 is 2.50 bits per heavy atom. The number of fused-ring (bicyclic) bond motifs is 2. The van der Waals surface area contributed by atoms with Crippen molar-refractivity contribution in [2.45, 2.75) is 111 Å². The Morgan fingerprint density at radius 1 is 1.15 bits per heavy atom. The lowest BCUT2D eigenvalue weighted by atomic mass is 10.0. The van der Waals surface area contributed by atoms with E-state index in [4.69, 9.17) is 4.74 Å². The first-order valence-electron chi connectivity index (χ1n) is 13.8. The third kappa shape index (κ3) is 7.46. The fourth-order valence-corrected chi connectivity index (χ4v) is 7.38. The summed E-state index contributed by atoms with van der Waals surface area (Å²) in [5.74, 6) is -2.39. The monoisotopic (exact) mass is 694 g/mol. The average molecular weight is 695 g/mol. The first kappa shape index (κ1) is 31.0. The predicted octanol–water partition coefficient (Wildman–Crippen LogP) is 1.61.